The van der Waals surface area contributed by atoms with Crippen molar-refractivity contribution >= 4 is 35.4 Å². The van der Waals surface area contributed by atoms with Gasteiger partial charge >= 0.3 is 0 Å². The first kappa shape index (κ1) is 37.2. The van der Waals surface area contributed by atoms with Crippen molar-refractivity contribution in [3.8, 4) is 0 Å². The van der Waals surface area contributed by atoms with E-state index in [1.807, 2.05) is 58.0 Å². The van der Waals surface area contributed by atoms with Gasteiger partial charge in [-0.15, -0.1) is 0 Å². The maximum atomic E-state index is 13.7. The molecule has 12 nitrogen and oxygen atoms in total. The molecule has 1 aliphatic heterocycles. The molecule has 0 radical (unpaired) electrons. The molecule has 0 aromatic heterocycles. The Morgan fingerprint density at radius 2 is 1.36 bits per heavy atom. The summed E-state index contributed by atoms with van der Waals surface area (Å²) < 4.78 is 0. The highest BCUT2D eigenvalue weighted by atomic mass is 16.2. The van der Waals surface area contributed by atoms with Crippen molar-refractivity contribution in [1.29, 1.82) is 0 Å². The van der Waals surface area contributed by atoms with Gasteiger partial charge in [0.15, 0.2) is 0 Å². The van der Waals surface area contributed by atoms with Crippen LogP contribution in [0.25, 0.3) is 0 Å². The quantitative estimate of drug-likeness (QED) is 0.191. The van der Waals surface area contributed by atoms with Crippen LogP contribution >= 0.6 is 0 Å². The molecule has 1 aromatic rings. The van der Waals surface area contributed by atoms with Crippen LogP contribution in [-0.4, -0.2) is 72.7 Å². The van der Waals surface area contributed by atoms with Gasteiger partial charge in [-0.1, -0.05) is 84.2 Å². The summed E-state index contributed by atoms with van der Waals surface area (Å²) in [6, 6.07) is 4.94. The summed E-state index contributed by atoms with van der Waals surface area (Å²) in [5.41, 5.74) is 0.773. The molecule has 0 unspecified atom stereocenters. The Labute approximate surface area is 267 Å². The molecule has 1 fully saturated rings. The smallest absolute Gasteiger partial charge is 0.245 e. The van der Waals surface area contributed by atoms with Crippen LogP contribution in [0.1, 0.15) is 85.1 Å². The zero-order valence-corrected chi connectivity index (χ0v) is 27.4. The SMILES string of the molecule is CCCCCCC(=O)N[C@@H]1CNC(=O)[C@@H](CC(C)C)NC(=O)CNC(=O)[C@@H](CC(C)C)NC(=O)[C@@H](Cc2ccccc2)NC1=O. The number of carbonyl (C=O) groups excluding carboxylic acids is 6. The summed E-state index contributed by atoms with van der Waals surface area (Å²) in [4.78, 5) is 79.4. The molecule has 12 heteroatoms. The third kappa shape index (κ3) is 14.1. The van der Waals surface area contributed by atoms with Crippen molar-refractivity contribution in [2.45, 2.75) is 110 Å². The van der Waals surface area contributed by atoms with Gasteiger partial charge < -0.3 is 31.9 Å². The van der Waals surface area contributed by atoms with Gasteiger partial charge in [0.2, 0.25) is 35.4 Å². The van der Waals surface area contributed by atoms with Crippen LogP contribution < -0.4 is 31.9 Å². The van der Waals surface area contributed by atoms with Gasteiger partial charge in [0.25, 0.3) is 0 Å². The molecule has 0 spiro atoms. The largest absolute Gasteiger partial charge is 0.352 e. The van der Waals surface area contributed by atoms with Gasteiger partial charge in [0.05, 0.1) is 6.54 Å². The van der Waals surface area contributed by atoms with E-state index in [2.05, 4.69) is 38.8 Å². The van der Waals surface area contributed by atoms with Crippen LogP contribution in [0.4, 0.5) is 0 Å². The Balaban J connectivity index is 2.43. The predicted octanol–water partition coefficient (Wildman–Crippen LogP) is 1.48. The monoisotopic (exact) mass is 628 g/mol. The van der Waals surface area contributed by atoms with Gasteiger partial charge in [-0.25, -0.2) is 0 Å². The van der Waals surface area contributed by atoms with E-state index < -0.39 is 53.7 Å². The van der Waals surface area contributed by atoms with Crippen molar-refractivity contribution in [2.24, 2.45) is 11.8 Å². The Morgan fingerprint density at radius 3 is 1.98 bits per heavy atom. The van der Waals surface area contributed by atoms with Crippen LogP contribution in [0.5, 0.6) is 0 Å². The van der Waals surface area contributed by atoms with Crippen LogP contribution in [0, 0.1) is 11.8 Å². The normalized spacial score (nSPS) is 22.2. The van der Waals surface area contributed by atoms with Gasteiger partial charge in [-0.2, -0.15) is 0 Å². The van der Waals surface area contributed by atoms with E-state index in [9.17, 15) is 28.8 Å². The number of benzene rings is 1. The van der Waals surface area contributed by atoms with E-state index in [1.54, 1.807) is 0 Å². The van der Waals surface area contributed by atoms with Gasteiger partial charge in [-0.05, 0) is 36.7 Å². The predicted molar refractivity (Wildman–Crippen MR) is 172 cm³/mol. The van der Waals surface area contributed by atoms with Crippen LogP contribution in [0.3, 0.4) is 0 Å². The molecular formula is C33H52N6O6. The van der Waals surface area contributed by atoms with Crippen LogP contribution in [-0.2, 0) is 35.2 Å². The molecule has 45 heavy (non-hydrogen) atoms. The van der Waals surface area contributed by atoms with E-state index >= 15 is 0 Å². The molecular weight excluding hydrogens is 576 g/mol. The highest BCUT2D eigenvalue weighted by Crippen LogP contribution is 2.10. The van der Waals surface area contributed by atoms with E-state index in [4.69, 9.17) is 0 Å². The van der Waals surface area contributed by atoms with Gasteiger partial charge in [-0.3, -0.25) is 28.8 Å². The van der Waals surface area contributed by atoms with Crippen LogP contribution in [0.2, 0.25) is 0 Å². The number of carbonyl (C=O) groups is 6. The third-order valence-electron chi connectivity index (χ3n) is 7.43. The fraction of sp³-hybridized carbons (Fsp3) is 0.636. The lowest BCUT2D eigenvalue weighted by atomic mass is 10.0. The molecule has 6 amide bonds. The van der Waals surface area contributed by atoms with E-state index in [1.165, 1.54) is 0 Å². The number of amides is 6. The van der Waals surface area contributed by atoms with Crippen LogP contribution in [0.15, 0.2) is 30.3 Å². The Kier molecular flexibility index (Phi) is 16.1. The molecule has 0 bridgehead atoms. The average molecular weight is 629 g/mol. The Hall–Kier alpha value is -3.96. The van der Waals surface area contributed by atoms with Crippen molar-refractivity contribution in [1.82, 2.24) is 31.9 Å². The lowest BCUT2D eigenvalue weighted by molar-refractivity contribution is -0.135. The Bertz CT molecular complexity index is 1140. The number of hydrogen-bond donors (Lipinski definition) is 6. The number of unbranched alkanes of at least 4 members (excludes halogenated alkanes) is 3. The van der Waals surface area contributed by atoms with Gasteiger partial charge in [0.1, 0.15) is 24.2 Å². The minimum atomic E-state index is -1.18. The maximum Gasteiger partial charge on any atom is 0.245 e. The minimum absolute atomic E-state index is 0.0266. The van der Waals surface area contributed by atoms with E-state index in [0.717, 1.165) is 24.8 Å². The third-order valence-corrected chi connectivity index (χ3v) is 7.43. The standard InChI is InChI=1S/C33H52N6O6/c1-6-7-8-12-15-28(40)37-27-19-34-30(42)24(16-21(2)3)36-29(41)20-35-31(43)25(17-22(4)5)38-32(44)26(39-33(27)45)18-23-13-10-9-11-14-23/h9-11,13-14,21-22,24-27H,6-8,12,15-20H2,1-5H3,(H,34,42)(H,35,43)(H,36,41)(H,37,40)(H,38,44)(H,39,45)/t24-,25-,26-,27-/m1/s1. The maximum absolute atomic E-state index is 13.7. The molecule has 0 aliphatic carbocycles. The summed E-state index contributed by atoms with van der Waals surface area (Å²) >= 11 is 0. The lowest BCUT2D eigenvalue weighted by Crippen LogP contribution is -2.61. The molecule has 4 atom stereocenters. The summed E-state index contributed by atoms with van der Waals surface area (Å²) in [6.07, 6.45) is 4.47. The first-order valence-corrected chi connectivity index (χ1v) is 16.2. The zero-order chi connectivity index (χ0) is 33.4. The molecule has 1 saturated heterocycles. The lowest BCUT2D eigenvalue weighted by Gasteiger charge is -2.27. The second-order valence-corrected chi connectivity index (χ2v) is 12.6. The van der Waals surface area contributed by atoms with E-state index in [0.29, 0.717) is 19.3 Å². The zero-order valence-electron chi connectivity index (χ0n) is 27.4. The number of rotatable bonds is 12. The van der Waals surface area contributed by atoms with Crippen molar-refractivity contribution < 1.29 is 28.8 Å². The molecule has 6 N–H and O–H groups in total. The molecule has 2 rings (SSSR count). The summed E-state index contributed by atoms with van der Waals surface area (Å²) in [6.45, 7) is 9.05. The molecule has 0 saturated carbocycles. The second-order valence-electron chi connectivity index (χ2n) is 12.6. The van der Waals surface area contributed by atoms with Gasteiger partial charge in [0, 0.05) is 19.4 Å². The second kappa shape index (κ2) is 19.4. The molecule has 1 heterocycles. The molecule has 250 valence electrons. The van der Waals surface area contributed by atoms with E-state index in [-0.39, 0.29) is 43.7 Å². The topological polar surface area (TPSA) is 175 Å². The molecule has 1 aliphatic rings. The Morgan fingerprint density at radius 1 is 0.756 bits per heavy atom. The van der Waals surface area contributed by atoms with Crippen molar-refractivity contribution in [3.63, 3.8) is 0 Å². The van der Waals surface area contributed by atoms with Crippen molar-refractivity contribution in [2.75, 3.05) is 13.1 Å². The highest BCUT2D eigenvalue weighted by Gasteiger charge is 2.32. The number of hydrogen-bond acceptors (Lipinski definition) is 6. The summed E-state index contributed by atoms with van der Waals surface area (Å²) in [7, 11) is 0. The first-order chi connectivity index (χ1) is 21.4. The average Bonchev–Trinajstić information content (AvgIpc) is 2.98. The highest BCUT2D eigenvalue weighted by molar-refractivity contribution is 5.96. The minimum Gasteiger partial charge on any atom is -0.352 e. The number of nitrogens with one attached hydrogen (secondary N) is 6. The fourth-order valence-corrected chi connectivity index (χ4v) is 5.06. The summed E-state index contributed by atoms with van der Waals surface area (Å²) in [5, 5.41) is 16.2. The van der Waals surface area contributed by atoms with Crippen molar-refractivity contribution in [3.05, 3.63) is 35.9 Å². The first-order valence-electron chi connectivity index (χ1n) is 16.2. The summed E-state index contributed by atoms with van der Waals surface area (Å²) in [5.74, 6) is -3.16. The fourth-order valence-electron chi connectivity index (χ4n) is 5.06. The molecule has 1 aromatic carbocycles.